The molecule has 10 heteroatoms. The molecule has 2 atom stereocenters. The Morgan fingerprint density at radius 2 is 1.45 bits per heavy atom. The Bertz CT molecular complexity index is 2310. The average molecular weight is 641 g/mol. The highest BCUT2D eigenvalue weighted by Crippen LogP contribution is 2.55. The van der Waals surface area contributed by atoms with Gasteiger partial charge < -0.3 is 11.5 Å². The van der Waals surface area contributed by atoms with E-state index in [0.29, 0.717) is 11.6 Å². The summed E-state index contributed by atoms with van der Waals surface area (Å²) in [4.78, 5) is 35.8. The molecule has 6 heterocycles. The molecule has 10 nitrogen and oxygen atoms in total. The minimum Gasteiger partial charge on any atom is -0.384 e. The highest BCUT2D eigenvalue weighted by Gasteiger charge is 2.42. The van der Waals surface area contributed by atoms with Gasteiger partial charge in [0, 0.05) is 64.3 Å². The van der Waals surface area contributed by atoms with Gasteiger partial charge in [-0.3, -0.25) is 9.97 Å². The van der Waals surface area contributed by atoms with Crippen LogP contribution in [0.4, 0.5) is 11.6 Å². The number of aryl methyl sites for hydroxylation is 3. The van der Waals surface area contributed by atoms with Crippen LogP contribution in [0.2, 0.25) is 0 Å². The van der Waals surface area contributed by atoms with Gasteiger partial charge >= 0.3 is 0 Å². The molecule has 1 aliphatic carbocycles. The van der Waals surface area contributed by atoms with Gasteiger partial charge in [-0.15, -0.1) is 0 Å². The molecule has 0 radical (unpaired) electrons. The minimum atomic E-state index is 0.199. The topological polar surface area (TPSA) is 155 Å². The molecule has 238 valence electrons. The average Bonchev–Trinajstić information content (AvgIpc) is 3.92. The minimum absolute atomic E-state index is 0.199. The van der Waals surface area contributed by atoms with Crippen molar-refractivity contribution < 1.29 is 0 Å². The summed E-state index contributed by atoms with van der Waals surface area (Å²) in [5.41, 5.74) is 23.1. The molecule has 0 aromatic carbocycles. The Labute approximate surface area is 284 Å². The summed E-state index contributed by atoms with van der Waals surface area (Å²) >= 11 is 0. The molecule has 0 saturated heterocycles. The van der Waals surface area contributed by atoms with E-state index in [4.69, 9.17) is 16.5 Å². The van der Waals surface area contributed by atoms with E-state index in [1.165, 1.54) is 0 Å². The van der Waals surface area contributed by atoms with Crippen LogP contribution in [0.5, 0.6) is 0 Å². The summed E-state index contributed by atoms with van der Waals surface area (Å²) in [5.74, 6) is 14.4. The summed E-state index contributed by atoms with van der Waals surface area (Å²) in [6, 6.07) is 13.6. The van der Waals surface area contributed by atoms with Crippen molar-refractivity contribution in [3.05, 3.63) is 130 Å². The van der Waals surface area contributed by atoms with Crippen molar-refractivity contribution in [2.45, 2.75) is 45.4 Å². The Kier molecular flexibility index (Phi) is 8.44. The molecule has 6 aromatic rings. The van der Waals surface area contributed by atoms with Gasteiger partial charge in [-0.25, -0.2) is 29.9 Å². The Morgan fingerprint density at radius 1 is 0.673 bits per heavy atom. The summed E-state index contributed by atoms with van der Waals surface area (Å²) in [6.07, 6.45) is 11.8. The molecule has 1 saturated carbocycles. The Morgan fingerprint density at radius 3 is 2.20 bits per heavy atom. The lowest BCUT2D eigenvalue weighted by Gasteiger charge is -2.08. The molecular weight excluding hydrogens is 608 g/mol. The lowest BCUT2D eigenvalue weighted by molar-refractivity contribution is 0.961. The molecule has 0 spiro atoms. The molecule has 4 N–H and O–H groups in total. The number of pyridine rings is 4. The normalized spacial score (nSPS) is 14.7. The molecule has 7 rings (SSSR count). The summed E-state index contributed by atoms with van der Waals surface area (Å²) in [5, 5.41) is 0. The fraction of sp³-hybridized carbons (Fsp3) is 0.179. The van der Waals surface area contributed by atoms with Crippen LogP contribution in [0.25, 0.3) is 22.5 Å². The van der Waals surface area contributed by atoms with Gasteiger partial charge in [0.15, 0.2) is 0 Å². The van der Waals surface area contributed by atoms with Crippen LogP contribution in [0.3, 0.4) is 0 Å². The second-order valence-electron chi connectivity index (χ2n) is 11.9. The summed E-state index contributed by atoms with van der Waals surface area (Å²) in [7, 11) is 0. The fourth-order valence-electron chi connectivity index (χ4n) is 5.81. The number of hydrogen-bond donors (Lipinski definition) is 2. The van der Waals surface area contributed by atoms with E-state index in [9.17, 15) is 0 Å². The van der Waals surface area contributed by atoms with Crippen LogP contribution in [-0.2, 0) is 6.42 Å². The van der Waals surface area contributed by atoms with Gasteiger partial charge in [-0.05, 0) is 80.6 Å². The van der Waals surface area contributed by atoms with Crippen molar-refractivity contribution in [3.8, 4) is 46.2 Å². The predicted molar refractivity (Wildman–Crippen MR) is 189 cm³/mol. The Balaban J connectivity index is 1.12. The van der Waals surface area contributed by atoms with Crippen LogP contribution < -0.4 is 11.5 Å². The maximum absolute atomic E-state index is 6.40. The molecule has 0 bridgehead atoms. The van der Waals surface area contributed by atoms with E-state index in [0.717, 1.165) is 85.9 Å². The van der Waals surface area contributed by atoms with E-state index < -0.39 is 0 Å². The van der Waals surface area contributed by atoms with E-state index in [1.54, 1.807) is 37.3 Å². The molecule has 1 aliphatic rings. The Hall–Kier alpha value is -6.52. The first-order valence-corrected chi connectivity index (χ1v) is 15.9. The molecule has 2 unspecified atom stereocenters. The fourth-order valence-corrected chi connectivity index (χ4v) is 5.81. The highest BCUT2D eigenvalue weighted by atomic mass is 14.9. The van der Waals surface area contributed by atoms with E-state index in [1.807, 2.05) is 50.4 Å². The number of anilines is 2. The molecule has 0 amide bonds. The number of nitrogens with two attached hydrogens (primary N) is 2. The lowest BCUT2D eigenvalue weighted by atomic mass is 10.0. The second kappa shape index (κ2) is 13.3. The van der Waals surface area contributed by atoms with Gasteiger partial charge in [0.25, 0.3) is 0 Å². The predicted octanol–water partition coefficient (Wildman–Crippen LogP) is 5.59. The van der Waals surface area contributed by atoms with Gasteiger partial charge in [-0.1, -0.05) is 30.6 Å². The lowest BCUT2D eigenvalue weighted by Crippen LogP contribution is -2.00. The maximum atomic E-state index is 6.40. The first kappa shape index (κ1) is 31.1. The third-order valence-electron chi connectivity index (χ3n) is 8.50. The van der Waals surface area contributed by atoms with Crippen molar-refractivity contribution >= 4 is 11.6 Å². The SMILES string of the molecule is CCc1ncnc(-c2ccnc(C)c2)c1C#Cc1cnc(N)c(C2CC2c2ccc(-c3ncnc(C)c3C#Cc3ccc(N)nc3)cn2)c1. The first-order valence-electron chi connectivity index (χ1n) is 15.9. The van der Waals surface area contributed by atoms with Crippen LogP contribution in [0, 0.1) is 37.5 Å². The second-order valence-corrected chi connectivity index (χ2v) is 11.9. The highest BCUT2D eigenvalue weighted by molar-refractivity contribution is 5.70. The van der Waals surface area contributed by atoms with Crippen LogP contribution in [0.1, 0.15) is 75.8 Å². The quantitative estimate of drug-likeness (QED) is 0.228. The van der Waals surface area contributed by atoms with Crippen LogP contribution in [-0.4, -0.2) is 39.9 Å². The number of nitrogens with zero attached hydrogens (tertiary/aromatic N) is 8. The van der Waals surface area contributed by atoms with Crippen molar-refractivity contribution in [3.63, 3.8) is 0 Å². The third kappa shape index (κ3) is 6.67. The van der Waals surface area contributed by atoms with Gasteiger partial charge in [0.1, 0.15) is 24.3 Å². The third-order valence-corrected chi connectivity index (χ3v) is 8.50. The maximum Gasteiger partial charge on any atom is 0.126 e. The summed E-state index contributed by atoms with van der Waals surface area (Å²) < 4.78 is 0. The van der Waals surface area contributed by atoms with Gasteiger partial charge in [0.05, 0.1) is 33.9 Å². The van der Waals surface area contributed by atoms with Gasteiger partial charge in [0.2, 0.25) is 0 Å². The molecule has 49 heavy (non-hydrogen) atoms. The monoisotopic (exact) mass is 640 g/mol. The first-order chi connectivity index (χ1) is 23.9. The smallest absolute Gasteiger partial charge is 0.126 e. The van der Waals surface area contributed by atoms with Crippen LogP contribution >= 0.6 is 0 Å². The number of hydrogen-bond acceptors (Lipinski definition) is 10. The van der Waals surface area contributed by atoms with E-state index in [2.05, 4.69) is 71.6 Å². The molecule has 0 aliphatic heterocycles. The molecular formula is C39H32N10. The molecule has 6 aromatic heterocycles. The zero-order chi connectivity index (χ0) is 33.9. The van der Waals surface area contributed by atoms with Crippen molar-refractivity contribution in [2.24, 2.45) is 0 Å². The zero-order valence-electron chi connectivity index (χ0n) is 27.3. The van der Waals surface area contributed by atoms with Crippen molar-refractivity contribution in [1.82, 2.24) is 39.9 Å². The zero-order valence-corrected chi connectivity index (χ0v) is 27.3. The molecule has 1 fully saturated rings. The van der Waals surface area contributed by atoms with E-state index in [-0.39, 0.29) is 11.8 Å². The van der Waals surface area contributed by atoms with Crippen molar-refractivity contribution in [2.75, 3.05) is 11.5 Å². The van der Waals surface area contributed by atoms with E-state index >= 15 is 0 Å². The largest absolute Gasteiger partial charge is 0.384 e. The van der Waals surface area contributed by atoms with Gasteiger partial charge in [-0.2, -0.15) is 0 Å². The standard InChI is InChI=1S/C39H32N10/c1-4-34-30(37(49-22-47-34)27-13-14-42-23(2)15-27)10-6-26-16-33(39(41)45-19-26)31-17-32(31)35-11-8-28(20-43-35)38-29(24(3)46-21-48-38)9-5-25-7-12-36(40)44-18-25/h7-8,11-16,18-22,31-32H,4,17H2,1-3H3,(H2,40,44)(H2,41,45). The number of aromatic nitrogens is 8. The number of nitrogen functional groups attached to an aromatic ring is 2. The van der Waals surface area contributed by atoms with Crippen molar-refractivity contribution in [1.29, 1.82) is 0 Å². The van der Waals surface area contributed by atoms with Crippen LogP contribution in [0.15, 0.2) is 79.9 Å². The number of rotatable bonds is 5. The summed E-state index contributed by atoms with van der Waals surface area (Å²) in [6.45, 7) is 5.94.